The minimum absolute atomic E-state index is 0.232. The van der Waals surface area contributed by atoms with Crippen LogP contribution in [0, 0.1) is 0 Å². The molecule has 0 aromatic heterocycles. The van der Waals surface area contributed by atoms with Gasteiger partial charge in [-0.25, -0.2) is 19.4 Å². The number of piperazine rings is 1. The summed E-state index contributed by atoms with van der Waals surface area (Å²) in [4.78, 5) is 54.1. The number of carboxylic acids is 1. The van der Waals surface area contributed by atoms with E-state index in [2.05, 4.69) is 10.2 Å². The number of aliphatic carboxylic acids is 1. The van der Waals surface area contributed by atoms with Crippen molar-refractivity contribution in [1.82, 2.24) is 15.3 Å². The molecular formula is C21H27N3O7. The van der Waals surface area contributed by atoms with Crippen LogP contribution in [0.2, 0.25) is 0 Å². The number of Topliss-reactive ketones (excluding diaryl/α,β-unsaturated/α-hetero) is 1. The predicted molar refractivity (Wildman–Crippen MR) is 107 cm³/mol. The predicted octanol–water partition coefficient (Wildman–Crippen LogP) is 0.307. The van der Waals surface area contributed by atoms with Crippen LogP contribution in [0.1, 0.15) is 41.3 Å². The summed E-state index contributed by atoms with van der Waals surface area (Å²) >= 11 is 0. The minimum atomic E-state index is -1.72. The second-order valence-corrected chi connectivity index (χ2v) is 8.03. The molecule has 0 amide bonds. The second-order valence-electron chi connectivity index (χ2n) is 8.03. The molecule has 0 radical (unpaired) electrons. The monoisotopic (exact) mass is 433 g/mol. The normalized spacial score (nSPS) is 24.4. The van der Waals surface area contributed by atoms with Crippen molar-refractivity contribution in [1.29, 1.82) is 0 Å². The van der Waals surface area contributed by atoms with E-state index in [9.17, 15) is 14.4 Å². The lowest BCUT2D eigenvalue weighted by Crippen LogP contribution is -2.53. The van der Waals surface area contributed by atoms with Crippen LogP contribution < -0.4 is 5.32 Å². The van der Waals surface area contributed by atoms with E-state index < -0.39 is 24.1 Å². The van der Waals surface area contributed by atoms with Gasteiger partial charge < -0.3 is 15.3 Å². The maximum absolute atomic E-state index is 13.1. The van der Waals surface area contributed by atoms with Crippen LogP contribution in [0.15, 0.2) is 18.2 Å². The number of benzene rings is 1. The molecule has 168 valence electrons. The lowest BCUT2D eigenvalue weighted by atomic mass is 10.0. The lowest BCUT2D eigenvalue weighted by molar-refractivity contribution is -0.339. The molecule has 1 aliphatic carbocycles. The molecule has 3 aliphatic rings. The Hall–Kier alpha value is -2.37. The highest BCUT2D eigenvalue weighted by Gasteiger charge is 2.64. The Morgan fingerprint density at radius 2 is 1.87 bits per heavy atom. The van der Waals surface area contributed by atoms with Crippen molar-refractivity contribution in [2.24, 2.45) is 0 Å². The largest absolute Gasteiger partial charge is 0.479 e. The van der Waals surface area contributed by atoms with Gasteiger partial charge in [0.05, 0.1) is 0 Å². The summed E-state index contributed by atoms with van der Waals surface area (Å²) in [5.41, 5.74) is -0.578. The van der Waals surface area contributed by atoms with Crippen molar-refractivity contribution in [3.63, 3.8) is 0 Å². The van der Waals surface area contributed by atoms with Gasteiger partial charge in [0.15, 0.2) is 12.4 Å². The average Bonchev–Trinajstić information content (AvgIpc) is 3.43. The zero-order valence-electron chi connectivity index (χ0n) is 17.5. The standard InChI is InChI=1S/C21H27N3O7/c1-14(25)16-3-2-4-17-19(16)21(17,31-29-13-18(26)27)20(28)30-24-11-9-23(10-12-24)15-5-7-22-8-6-15/h2-4,15,22H,5-13H2,1H3,(H,26,27). The Balaban J connectivity index is 1.42. The van der Waals surface area contributed by atoms with Gasteiger partial charge >= 0.3 is 11.9 Å². The SMILES string of the molecule is CC(=O)c1cccc2c1C2(OOCC(=O)O)C(=O)ON1CCN(C2CCNCC2)CC1. The molecule has 1 aromatic carbocycles. The summed E-state index contributed by atoms with van der Waals surface area (Å²) in [5.74, 6) is -2.21. The number of carbonyl (C=O) groups is 3. The van der Waals surface area contributed by atoms with Gasteiger partial charge in [-0.1, -0.05) is 18.2 Å². The summed E-state index contributed by atoms with van der Waals surface area (Å²) in [6.07, 6.45) is 2.22. The number of carboxylic acid groups (broad SMARTS) is 1. The molecule has 31 heavy (non-hydrogen) atoms. The molecule has 1 aromatic rings. The molecule has 10 heteroatoms. The van der Waals surface area contributed by atoms with E-state index in [1.165, 1.54) is 6.92 Å². The third-order valence-electron chi connectivity index (χ3n) is 6.08. The van der Waals surface area contributed by atoms with Crippen molar-refractivity contribution in [2.75, 3.05) is 45.9 Å². The number of rotatable bonds is 8. The number of hydrogen-bond donors (Lipinski definition) is 2. The molecule has 1 atom stereocenters. The van der Waals surface area contributed by atoms with Crippen molar-refractivity contribution in [2.45, 2.75) is 31.4 Å². The number of fused-ring (bicyclic) bond motifs is 1. The van der Waals surface area contributed by atoms with Crippen LogP contribution >= 0.6 is 0 Å². The van der Waals surface area contributed by atoms with Gasteiger partial charge in [-0.15, -0.1) is 5.06 Å². The van der Waals surface area contributed by atoms with E-state index in [0.29, 0.717) is 35.8 Å². The Morgan fingerprint density at radius 3 is 2.52 bits per heavy atom. The number of nitrogens with one attached hydrogen (secondary N) is 1. The third kappa shape index (κ3) is 4.35. The number of piperidine rings is 1. The molecule has 0 spiro atoms. The van der Waals surface area contributed by atoms with Crippen LogP contribution in [-0.4, -0.2) is 84.7 Å². The summed E-state index contributed by atoms with van der Waals surface area (Å²) in [6, 6.07) is 5.42. The Morgan fingerprint density at radius 1 is 1.16 bits per heavy atom. The van der Waals surface area contributed by atoms with E-state index in [-0.39, 0.29) is 5.78 Å². The first kappa shape index (κ1) is 21.8. The fourth-order valence-corrected chi connectivity index (χ4v) is 4.45. The smallest absolute Gasteiger partial charge is 0.370 e. The molecular weight excluding hydrogens is 406 g/mol. The zero-order valence-corrected chi connectivity index (χ0v) is 17.5. The van der Waals surface area contributed by atoms with E-state index in [0.717, 1.165) is 39.0 Å². The highest BCUT2D eigenvalue weighted by atomic mass is 17.2. The van der Waals surface area contributed by atoms with Crippen LogP contribution in [0.25, 0.3) is 0 Å². The molecule has 2 aliphatic heterocycles. The van der Waals surface area contributed by atoms with Gasteiger partial charge in [0.2, 0.25) is 0 Å². The second kappa shape index (κ2) is 9.01. The number of nitrogens with zero attached hydrogens (tertiary/aromatic N) is 2. The van der Waals surface area contributed by atoms with E-state index in [4.69, 9.17) is 19.7 Å². The Kier molecular flexibility index (Phi) is 6.35. The van der Waals surface area contributed by atoms with Crippen LogP contribution in [0.5, 0.6) is 0 Å². The number of hydroxylamine groups is 2. The van der Waals surface area contributed by atoms with Crippen LogP contribution in [0.3, 0.4) is 0 Å². The first-order chi connectivity index (χ1) is 14.9. The van der Waals surface area contributed by atoms with Crippen molar-refractivity contribution in [3.05, 3.63) is 34.9 Å². The van der Waals surface area contributed by atoms with Gasteiger partial charge in [0.1, 0.15) is 0 Å². The van der Waals surface area contributed by atoms with Gasteiger partial charge in [0, 0.05) is 48.9 Å². The fourth-order valence-electron chi connectivity index (χ4n) is 4.45. The first-order valence-corrected chi connectivity index (χ1v) is 10.5. The molecule has 2 N–H and O–H groups in total. The molecule has 4 rings (SSSR count). The molecule has 2 fully saturated rings. The quantitative estimate of drug-likeness (QED) is 0.337. The summed E-state index contributed by atoms with van der Waals surface area (Å²) < 4.78 is 0. The third-order valence-corrected chi connectivity index (χ3v) is 6.08. The van der Waals surface area contributed by atoms with Crippen molar-refractivity contribution in [3.8, 4) is 0 Å². The highest BCUT2D eigenvalue weighted by Crippen LogP contribution is 2.54. The molecule has 1 unspecified atom stereocenters. The van der Waals surface area contributed by atoms with E-state index >= 15 is 0 Å². The average molecular weight is 433 g/mol. The van der Waals surface area contributed by atoms with Crippen LogP contribution in [0.4, 0.5) is 0 Å². The highest BCUT2D eigenvalue weighted by molar-refractivity contribution is 6.04. The van der Waals surface area contributed by atoms with Gasteiger partial charge in [-0.05, 0) is 32.9 Å². The number of ketones is 1. The minimum Gasteiger partial charge on any atom is -0.479 e. The van der Waals surface area contributed by atoms with Gasteiger partial charge in [-0.3, -0.25) is 9.69 Å². The summed E-state index contributed by atoms with van der Waals surface area (Å²) in [6.45, 7) is 5.37. The maximum atomic E-state index is 13.1. The lowest BCUT2D eigenvalue weighted by Gasteiger charge is -2.40. The summed E-state index contributed by atoms with van der Waals surface area (Å²) in [5, 5.41) is 13.8. The van der Waals surface area contributed by atoms with Gasteiger partial charge in [0.25, 0.3) is 5.60 Å². The maximum Gasteiger partial charge on any atom is 0.370 e. The zero-order chi connectivity index (χ0) is 22.0. The molecule has 2 heterocycles. The molecule has 0 bridgehead atoms. The Labute approximate surface area is 179 Å². The van der Waals surface area contributed by atoms with Gasteiger partial charge in [-0.2, -0.15) is 0 Å². The molecule has 0 saturated carbocycles. The number of hydrogen-bond acceptors (Lipinski definition) is 9. The summed E-state index contributed by atoms with van der Waals surface area (Å²) in [7, 11) is 0. The molecule has 10 nitrogen and oxygen atoms in total. The van der Waals surface area contributed by atoms with E-state index in [1.54, 1.807) is 23.3 Å². The van der Waals surface area contributed by atoms with Crippen molar-refractivity contribution < 1.29 is 34.1 Å². The topological polar surface area (TPSA) is 118 Å². The van der Waals surface area contributed by atoms with Crippen LogP contribution in [-0.2, 0) is 29.8 Å². The first-order valence-electron chi connectivity index (χ1n) is 10.5. The number of carbonyl (C=O) groups excluding carboxylic acids is 2. The fraction of sp³-hybridized carbons (Fsp3) is 0.571. The van der Waals surface area contributed by atoms with E-state index in [1.807, 2.05) is 0 Å². The van der Waals surface area contributed by atoms with Crippen molar-refractivity contribution >= 4 is 17.7 Å². The molecule has 2 saturated heterocycles. The Bertz CT molecular complexity index is 863.